The average Bonchev–Trinajstić information content (AvgIpc) is 3.32. The molecule has 3 aliphatic heterocycles. The summed E-state index contributed by atoms with van der Waals surface area (Å²) in [5, 5.41) is 0. The van der Waals surface area contributed by atoms with Gasteiger partial charge in [-0.2, -0.15) is 0 Å². The molecule has 0 radical (unpaired) electrons. The zero-order valence-electron chi connectivity index (χ0n) is 20.2. The van der Waals surface area contributed by atoms with Crippen LogP contribution in [0.2, 0.25) is 0 Å². The first kappa shape index (κ1) is 21.3. The molecule has 6 rings (SSSR count). The van der Waals surface area contributed by atoms with E-state index in [0.29, 0.717) is 12.0 Å². The maximum absolute atomic E-state index is 5.03. The van der Waals surface area contributed by atoms with Gasteiger partial charge < -0.3 is 9.80 Å². The molecule has 2 aromatic heterocycles. The normalized spacial score (nSPS) is 18.9. The van der Waals surface area contributed by atoms with E-state index in [4.69, 9.17) is 15.0 Å². The Morgan fingerprint density at radius 2 is 1.91 bits per heavy atom. The molecule has 174 valence electrons. The minimum absolute atomic E-state index is 0.466. The van der Waals surface area contributed by atoms with Gasteiger partial charge in [0, 0.05) is 43.3 Å². The number of hydrogen-bond donors (Lipinski definition) is 0. The number of amidine groups is 1. The third kappa shape index (κ3) is 3.65. The summed E-state index contributed by atoms with van der Waals surface area (Å²) in [7, 11) is 0. The minimum atomic E-state index is 0.466. The standard InChI is InChI=1S/C28H32N6/c1-3-28(2)11-15-33(16-12-28)25-19-30-26-23(32-25)18-31-27(26)34-14-6-9-22-21(8-4-10-24(22)34)20-7-5-13-29-17-20/h4-5,7-8,10,13,17,19H,3,6,9,11-12,14-16,18H2,1-2H3. The van der Waals surface area contributed by atoms with Crippen molar-refractivity contribution >= 4 is 17.3 Å². The quantitative estimate of drug-likeness (QED) is 0.542. The third-order valence-corrected chi connectivity index (χ3v) is 8.05. The summed E-state index contributed by atoms with van der Waals surface area (Å²) in [4.78, 5) is 24.0. The Morgan fingerprint density at radius 3 is 2.71 bits per heavy atom. The summed E-state index contributed by atoms with van der Waals surface area (Å²) < 4.78 is 0. The molecule has 0 N–H and O–H groups in total. The predicted molar refractivity (Wildman–Crippen MR) is 137 cm³/mol. The van der Waals surface area contributed by atoms with Crippen LogP contribution in [0.25, 0.3) is 11.1 Å². The number of rotatable bonds is 3. The number of fused-ring (bicyclic) bond motifs is 2. The highest BCUT2D eigenvalue weighted by molar-refractivity contribution is 6.11. The summed E-state index contributed by atoms with van der Waals surface area (Å²) in [5.74, 6) is 1.97. The van der Waals surface area contributed by atoms with Gasteiger partial charge in [-0.1, -0.05) is 38.5 Å². The van der Waals surface area contributed by atoms with Crippen molar-refractivity contribution in [3.05, 3.63) is 65.9 Å². The van der Waals surface area contributed by atoms with Crippen molar-refractivity contribution in [3.8, 4) is 11.1 Å². The molecule has 3 aromatic rings. The maximum Gasteiger partial charge on any atom is 0.156 e. The molecule has 0 bridgehead atoms. The van der Waals surface area contributed by atoms with Crippen molar-refractivity contribution < 1.29 is 0 Å². The van der Waals surface area contributed by atoms with Gasteiger partial charge in [0.15, 0.2) is 5.84 Å². The first-order valence-corrected chi connectivity index (χ1v) is 12.6. The molecular weight excluding hydrogens is 420 g/mol. The Kier molecular flexibility index (Phi) is 5.31. The summed E-state index contributed by atoms with van der Waals surface area (Å²) in [6.07, 6.45) is 11.6. The number of aromatic nitrogens is 3. The average molecular weight is 453 g/mol. The van der Waals surface area contributed by atoms with E-state index >= 15 is 0 Å². The molecule has 0 atom stereocenters. The Hall–Kier alpha value is -3.28. The van der Waals surface area contributed by atoms with Crippen LogP contribution in [0, 0.1) is 5.41 Å². The number of benzene rings is 1. The van der Waals surface area contributed by atoms with E-state index in [9.17, 15) is 0 Å². The van der Waals surface area contributed by atoms with E-state index in [1.165, 1.54) is 41.6 Å². The molecule has 1 saturated heterocycles. The Bertz CT molecular complexity index is 1230. The first-order chi connectivity index (χ1) is 16.6. The molecule has 5 heterocycles. The molecule has 34 heavy (non-hydrogen) atoms. The fraction of sp³-hybridized carbons (Fsp3) is 0.429. The number of nitrogens with zero attached hydrogens (tertiary/aromatic N) is 6. The van der Waals surface area contributed by atoms with Crippen LogP contribution < -0.4 is 9.80 Å². The van der Waals surface area contributed by atoms with Crippen LogP contribution >= 0.6 is 0 Å². The van der Waals surface area contributed by atoms with Crippen molar-refractivity contribution in [2.24, 2.45) is 10.4 Å². The Morgan fingerprint density at radius 1 is 1.03 bits per heavy atom. The molecule has 0 unspecified atom stereocenters. The van der Waals surface area contributed by atoms with Crippen molar-refractivity contribution in [1.29, 1.82) is 0 Å². The van der Waals surface area contributed by atoms with Gasteiger partial charge in [-0.05, 0) is 54.4 Å². The fourth-order valence-corrected chi connectivity index (χ4v) is 5.57. The fourth-order valence-electron chi connectivity index (χ4n) is 5.57. The molecule has 0 aliphatic carbocycles. The van der Waals surface area contributed by atoms with Crippen LogP contribution in [0.15, 0.2) is 53.9 Å². The number of hydrogen-bond acceptors (Lipinski definition) is 6. The molecule has 0 amide bonds. The van der Waals surface area contributed by atoms with Gasteiger partial charge in [-0.25, -0.2) is 9.97 Å². The van der Waals surface area contributed by atoms with Crippen LogP contribution in [0.4, 0.5) is 11.5 Å². The summed E-state index contributed by atoms with van der Waals surface area (Å²) in [6, 6.07) is 10.7. The van der Waals surface area contributed by atoms with Crippen LogP contribution in [-0.2, 0) is 13.0 Å². The predicted octanol–water partition coefficient (Wildman–Crippen LogP) is 5.27. The van der Waals surface area contributed by atoms with Crippen LogP contribution in [-0.4, -0.2) is 40.4 Å². The van der Waals surface area contributed by atoms with E-state index in [2.05, 4.69) is 52.9 Å². The van der Waals surface area contributed by atoms with Gasteiger partial charge in [0.25, 0.3) is 0 Å². The largest absolute Gasteiger partial charge is 0.355 e. The van der Waals surface area contributed by atoms with E-state index in [1.807, 2.05) is 24.7 Å². The number of anilines is 2. The van der Waals surface area contributed by atoms with Gasteiger partial charge in [0.2, 0.25) is 0 Å². The molecule has 1 aromatic carbocycles. The van der Waals surface area contributed by atoms with Gasteiger partial charge >= 0.3 is 0 Å². The maximum atomic E-state index is 5.03. The van der Waals surface area contributed by atoms with Gasteiger partial charge in [0.1, 0.15) is 11.5 Å². The van der Waals surface area contributed by atoms with Crippen LogP contribution in [0.1, 0.15) is 56.5 Å². The Balaban J connectivity index is 1.28. The van der Waals surface area contributed by atoms with Crippen LogP contribution in [0.5, 0.6) is 0 Å². The van der Waals surface area contributed by atoms with Crippen LogP contribution in [0.3, 0.4) is 0 Å². The van der Waals surface area contributed by atoms with E-state index < -0.39 is 0 Å². The lowest BCUT2D eigenvalue weighted by molar-refractivity contribution is 0.237. The van der Waals surface area contributed by atoms with E-state index in [-0.39, 0.29) is 0 Å². The van der Waals surface area contributed by atoms with Crippen molar-refractivity contribution in [3.63, 3.8) is 0 Å². The molecular formula is C28H32N6. The van der Waals surface area contributed by atoms with Crippen molar-refractivity contribution in [1.82, 2.24) is 15.0 Å². The molecule has 6 nitrogen and oxygen atoms in total. The highest BCUT2D eigenvalue weighted by atomic mass is 15.2. The van der Waals surface area contributed by atoms with Crippen molar-refractivity contribution in [2.75, 3.05) is 29.4 Å². The number of aliphatic imine (C=N–C) groups is 1. The minimum Gasteiger partial charge on any atom is -0.355 e. The lowest BCUT2D eigenvalue weighted by Crippen LogP contribution is -2.39. The highest BCUT2D eigenvalue weighted by Crippen LogP contribution is 2.38. The third-order valence-electron chi connectivity index (χ3n) is 8.05. The molecule has 0 saturated carbocycles. The number of pyridine rings is 1. The highest BCUT2D eigenvalue weighted by Gasteiger charge is 2.32. The topological polar surface area (TPSA) is 57.5 Å². The van der Waals surface area contributed by atoms with Crippen molar-refractivity contribution in [2.45, 2.75) is 52.5 Å². The van der Waals surface area contributed by atoms with Gasteiger partial charge in [-0.3, -0.25) is 9.98 Å². The summed E-state index contributed by atoms with van der Waals surface area (Å²) in [6.45, 7) is 8.40. The smallest absolute Gasteiger partial charge is 0.156 e. The molecule has 3 aliphatic rings. The second kappa shape index (κ2) is 8.49. The summed E-state index contributed by atoms with van der Waals surface area (Å²) >= 11 is 0. The SMILES string of the molecule is CCC1(C)CCN(c2cnc3c(n2)CN=C3N2CCCc3c(-c4cccnc4)cccc32)CC1. The van der Waals surface area contributed by atoms with E-state index in [1.54, 1.807) is 0 Å². The Labute approximate surface area is 201 Å². The lowest BCUT2D eigenvalue weighted by atomic mass is 9.78. The van der Waals surface area contributed by atoms with E-state index in [0.717, 1.165) is 55.5 Å². The molecule has 1 fully saturated rings. The second-order valence-electron chi connectivity index (χ2n) is 10.1. The summed E-state index contributed by atoms with van der Waals surface area (Å²) in [5.41, 5.74) is 7.45. The first-order valence-electron chi connectivity index (χ1n) is 12.6. The molecule has 0 spiro atoms. The lowest BCUT2D eigenvalue weighted by Gasteiger charge is -2.39. The zero-order chi connectivity index (χ0) is 23.1. The number of piperidine rings is 1. The second-order valence-corrected chi connectivity index (χ2v) is 10.1. The zero-order valence-corrected chi connectivity index (χ0v) is 20.2. The molecule has 6 heteroatoms. The monoisotopic (exact) mass is 452 g/mol. The van der Waals surface area contributed by atoms with Gasteiger partial charge in [0.05, 0.1) is 18.4 Å². The van der Waals surface area contributed by atoms with Gasteiger partial charge in [-0.15, -0.1) is 0 Å².